The molecule has 0 atom stereocenters. The zero-order chi connectivity index (χ0) is 21.8. The molecule has 0 radical (unpaired) electrons. The van der Waals surface area contributed by atoms with E-state index in [2.05, 4.69) is 5.32 Å². The first kappa shape index (κ1) is 20.0. The van der Waals surface area contributed by atoms with Crippen LogP contribution in [0.25, 0.3) is 6.08 Å². The number of carbonyl (C=O) groups excluding carboxylic acids is 3. The number of anilines is 1. The predicted molar refractivity (Wildman–Crippen MR) is 113 cm³/mol. The van der Waals surface area contributed by atoms with E-state index in [1.54, 1.807) is 66.7 Å². The van der Waals surface area contributed by atoms with Crippen molar-refractivity contribution in [3.05, 3.63) is 101 Å². The van der Waals surface area contributed by atoms with Crippen LogP contribution in [0, 0.1) is 5.82 Å². The van der Waals surface area contributed by atoms with E-state index >= 15 is 0 Å². The number of rotatable bonds is 5. The number of barbiturate groups is 1. The molecule has 6 nitrogen and oxygen atoms in total. The van der Waals surface area contributed by atoms with Crippen molar-refractivity contribution >= 4 is 29.6 Å². The summed E-state index contributed by atoms with van der Waals surface area (Å²) in [5.41, 5.74) is 1.41. The largest absolute Gasteiger partial charge is 0.488 e. The van der Waals surface area contributed by atoms with Crippen LogP contribution in [-0.4, -0.2) is 17.8 Å². The first-order valence-corrected chi connectivity index (χ1v) is 9.46. The summed E-state index contributed by atoms with van der Waals surface area (Å²) in [6.07, 6.45) is 1.39. The molecule has 0 spiro atoms. The Morgan fingerprint density at radius 2 is 1.55 bits per heavy atom. The molecule has 4 amide bonds. The Hall–Kier alpha value is -4.26. The van der Waals surface area contributed by atoms with Crippen molar-refractivity contribution in [1.82, 2.24) is 5.32 Å². The SMILES string of the molecule is O=C1NC(=O)N(c2ccccc2)C(=O)/C1=C/c1ccccc1OCc1ccc(F)cc1. The minimum absolute atomic E-state index is 0.176. The number of para-hydroxylation sites is 2. The lowest BCUT2D eigenvalue weighted by Gasteiger charge is -2.26. The van der Waals surface area contributed by atoms with Crippen LogP contribution in [0.3, 0.4) is 0 Å². The third kappa shape index (κ3) is 4.35. The van der Waals surface area contributed by atoms with Gasteiger partial charge in [0.1, 0.15) is 23.7 Å². The number of imide groups is 2. The third-order valence-electron chi connectivity index (χ3n) is 4.64. The molecular formula is C24H17FN2O4. The molecule has 1 aliphatic heterocycles. The fourth-order valence-electron chi connectivity index (χ4n) is 3.10. The average Bonchev–Trinajstić information content (AvgIpc) is 2.77. The lowest BCUT2D eigenvalue weighted by molar-refractivity contribution is -0.122. The summed E-state index contributed by atoms with van der Waals surface area (Å²) in [7, 11) is 0. The Labute approximate surface area is 177 Å². The highest BCUT2D eigenvalue weighted by atomic mass is 19.1. The van der Waals surface area contributed by atoms with Gasteiger partial charge in [-0.1, -0.05) is 48.5 Å². The van der Waals surface area contributed by atoms with E-state index in [1.165, 1.54) is 18.2 Å². The molecule has 1 heterocycles. The highest BCUT2D eigenvalue weighted by molar-refractivity contribution is 6.39. The van der Waals surface area contributed by atoms with Crippen molar-refractivity contribution in [1.29, 1.82) is 0 Å². The van der Waals surface area contributed by atoms with Gasteiger partial charge in [-0.15, -0.1) is 0 Å². The van der Waals surface area contributed by atoms with Crippen LogP contribution in [0.15, 0.2) is 84.4 Å². The molecule has 0 saturated carbocycles. The Morgan fingerprint density at radius 1 is 0.871 bits per heavy atom. The van der Waals surface area contributed by atoms with Gasteiger partial charge in [0.15, 0.2) is 0 Å². The van der Waals surface area contributed by atoms with Gasteiger partial charge in [-0.2, -0.15) is 0 Å². The van der Waals surface area contributed by atoms with Crippen LogP contribution in [0.2, 0.25) is 0 Å². The van der Waals surface area contributed by atoms with Crippen molar-refractivity contribution in [2.75, 3.05) is 4.90 Å². The van der Waals surface area contributed by atoms with Crippen LogP contribution in [0.1, 0.15) is 11.1 Å². The maximum Gasteiger partial charge on any atom is 0.335 e. The molecule has 1 aliphatic rings. The Bertz CT molecular complexity index is 1170. The number of hydrogen-bond donors (Lipinski definition) is 1. The molecular weight excluding hydrogens is 399 g/mol. The molecule has 0 unspecified atom stereocenters. The van der Waals surface area contributed by atoms with E-state index in [-0.39, 0.29) is 18.0 Å². The van der Waals surface area contributed by atoms with Gasteiger partial charge in [0, 0.05) is 5.56 Å². The van der Waals surface area contributed by atoms with Crippen molar-refractivity contribution in [2.24, 2.45) is 0 Å². The zero-order valence-electron chi connectivity index (χ0n) is 16.2. The molecule has 3 aromatic carbocycles. The van der Waals surface area contributed by atoms with Crippen molar-refractivity contribution < 1.29 is 23.5 Å². The number of urea groups is 1. The highest BCUT2D eigenvalue weighted by Crippen LogP contribution is 2.26. The minimum atomic E-state index is -0.806. The van der Waals surface area contributed by atoms with Crippen LogP contribution >= 0.6 is 0 Å². The second-order valence-corrected chi connectivity index (χ2v) is 6.75. The summed E-state index contributed by atoms with van der Waals surface area (Å²) in [5, 5.41) is 2.19. The number of benzene rings is 3. The standard InChI is InChI=1S/C24H17FN2O4/c25-18-12-10-16(11-13-18)15-31-21-9-5-4-6-17(21)14-20-22(28)26-24(30)27(23(20)29)19-7-2-1-3-8-19/h1-14H,15H2,(H,26,28,30)/b20-14+. The number of carbonyl (C=O) groups is 3. The van der Waals surface area contributed by atoms with E-state index in [4.69, 9.17) is 4.74 Å². The van der Waals surface area contributed by atoms with Gasteiger partial charge in [-0.05, 0) is 42.0 Å². The van der Waals surface area contributed by atoms with Crippen molar-refractivity contribution in [3.8, 4) is 5.75 Å². The second kappa shape index (κ2) is 8.62. The lowest BCUT2D eigenvalue weighted by atomic mass is 10.1. The summed E-state index contributed by atoms with van der Waals surface area (Å²) in [6, 6.07) is 20.3. The van der Waals surface area contributed by atoms with Gasteiger partial charge in [-0.3, -0.25) is 14.9 Å². The van der Waals surface area contributed by atoms with Crippen LogP contribution < -0.4 is 15.0 Å². The number of nitrogens with one attached hydrogen (secondary N) is 1. The molecule has 7 heteroatoms. The normalized spacial score (nSPS) is 15.2. The number of nitrogens with zero attached hydrogens (tertiary/aromatic N) is 1. The molecule has 1 saturated heterocycles. The maximum atomic E-state index is 13.1. The fraction of sp³-hybridized carbons (Fsp3) is 0.0417. The van der Waals surface area contributed by atoms with Gasteiger partial charge in [0.2, 0.25) is 0 Å². The van der Waals surface area contributed by atoms with Crippen LogP contribution in [-0.2, 0) is 16.2 Å². The molecule has 0 aromatic heterocycles. The van der Waals surface area contributed by atoms with Crippen molar-refractivity contribution in [3.63, 3.8) is 0 Å². The molecule has 31 heavy (non-hydrogen) atoms. The molecule has 1 N–H and O–H groups in total. The number of halogens is 1. The molecule has 154 valence electrons. The Kier molecular flexibility index (Phi) is 5.57. The molecule has 0 aliphatic carbocycles. The predicted octanol–water partition coefficient (Wildman–Crippen LogP) is 4.07. The molecule has 0 bridgehead atoms. The topological polar surface area (TPSA) is 75.7 Å². The third-order valence-corrected chi connectivity index (χ3v) is 4.64. The first-order chi connectivity index (χ1) is 15.0. The van der Waals surface area contributed by atoms with E-state index < -0.39 is 17.8 Å². The van der Waals surface area contributed by atoms with Crippen LogP contribution in [0.4, 0.5) is 14.9 Å². The van der Waals surface area contributed by atoms with Gasteiger partial charge in [0.05, 0.1) is 5.69 Å². The number of hydrogen-bond acceptors (Lipinski definition) is 4. The lowest BCUT2D eigenvalue weighted by Crippen LogP contribution is -2.54. The van der Waals surface area contributed by atoms with Crippen molar-refractivity contribution in [2.45, 2.75) is 6.61 Å². The summed E-state index contributed by atoms with van der Waals surface area (Å²) in [5.74, 6) is -1.42. The highest BCUT2D eigenvalue weighted by Gasteiger charge is 2.36. The smallest absolute Gasteiger partial charge is 0.335 e. The average molecular weight is 416 g/mol. The van der Waals surface area contributed by atoms with Crippen LogP contribution in [0.5, 0.6) is 5.75 Å². The summed E-state index contributed by atoms with van der Waals surface area (Å²) in [6.45, 7) is 0.176. The summed E-state index contributed by atoms with van der Waals surface area (Å²) in [4.78, 5) is 38.5. The van der Waals surface area contributed by atoms with Gasteiger partial charge in [-0.25, -0.2) is 14.1 Å². The Morgan fingerprint density at radius 3 is 2.29 bits per heavy atom. The van der Waals surface area contributed by atoms with E-state index in [0.717, 1.165) is 10.5 Å². The number of ether oxygens (including phenoxy) is 1. The fourth-order valence-corrected chi connectivity index (χ4v) is 3.10. The quantitative estimate of drug-likeness (QED) is 0.503. The second-order valence-electron chi connectivity index (χ2n) is 6.75. The van der Waals surface area contributed by atoms with E-state index in [9.17, 15) is 18.8 Å². The minimum Gasteiger partial charge on any atom is -0.488 e. The summed E-state index contributed by atoms with van der Waals surface area (Å²) < 4.78 is 18.9. The summed E-state index contributed by atoms with van der Waals surface area (Å²) >= 11 is 0. The maximum absolute atomic E-state index is 13.1. The monoisotopic (exact) mass is 416 g/mol. The first-order valence-electron chi connectivity index (χ1n) is 9.46. The van der Waals surface area contributed by atoms with Gasteiger partial charge >= 0.3 is 6.03 Å². The molecule has 3 aromatic rings. The van der Waals surface area contributed by atoms with E-state index in [1.807, 2.05) is 0 Å². The van der Waals surface area contributed by atoms with E-state index in [0.29, 0.717) is 17.0 Å². The Balaban J connectivity index is 1.62. The number of amides is 4. The molecule has 4 rings (SSSR count). The zero-order valence-corrected chi connectivity index (χ0v) is 16.2. The van der Waals surface area contributed by atoms with Gasteiger partial charge < -0.3 is 4.74 Å². The molecule has 1 fully saturated rings. The van der Waals surface area contributed by atoms with Gasteiger partial charge in [0.25, 0.3) is 11.8 Å².